The summed E-state index contributed by atoms with van der Waals surface area (Å²) in [7, 11) is 0. The van der Waals surface area contributed by atoms with E-state index in [1.165, 1.54) is 0 Å². The maximum absolute atomic E-state index is 7.30. The van der Waals surface area contributed by atoms with Crippen LogP contribution >= 0.6 is 0 Å². The third-order valence-corrected chi connectivity index (χ3v) is 1.62. The third-order valence-electron chi connectivity index (χ3n) is 1.62. The number of oxazole rings is 1. The van der Waals surface area contributed by atoms with Crippen molar-refractivity contribution in [2.24, 2.45) is 0 Å². The van der Waals surface area contributed by atoms with Crippen molar-refractivity contribution < 1.29 is 5.79 Å². The van der Waals surface area contributed by atoms with E-state index in [2.05, 4.69) is 9.97 Å². The summed E-state index contributed by atoms with van der Waals surface area (Å²) in [4.78, 5) is 8.12. The first-order chi connectivity index (χ1) is 6.16. The van der Waals surface area contributed by atoms with Gasteiger partial charge < -0.3 is 4.42 Å². The second-order valence-electron chi connectivity index (χ2n) is 2.97. The van der Waals surface area contributed by atoms with E-state index in [9.17, 15) is 0 Å². The standard InChI is InChI=1S/C9H10N2O/c1-6(2)9-11-8-7(12-9)4-3-5-10-8/h3-6H,1-2H3/i5T. The van der Waals surface area contributed by atoms with E-state index in [0.717, 1.165) is 0 Å². The Bertz CT molecular complexity index is 436. The minimum Gasteiger partial charge on any atom is -0.439 e. The van der Waals surface area contributed by atoms with Gasteiger partial charge >= 0.3 is 0 Å². The summed E-state index contributed by atoms with van der Waals surface area (Å²) in [5.74, 6) is 0.927. The molecule has 62 valence electrons. The lowest BCUT2D eigenvalue weighted by atomic mass is 10.2. The summed E-state index contributed by atoms with van der Waals surface area (Å²) < 4.78 is 12.7. The normalized spacial score (nSPS) is 12.4. The Morgan fingerprint density at radius 3 is 3.17 bits per heavy atom. The number of rotatable bonds is 1. The lowest BCUT2D eigenvalue weighted by Gasteiger charge is -1.93. The van der Waals surface area contributed by atoms with Gasteiger partial charge in [0.2, 0.25) is 0 Å². The van der Waals surface area contributed by atoms with Crippen LogP contribution in [0.3, 0.4) is 0 Å². The molecule has 0 fully saturated rings. The summed E-state index contributed by atoms with van der Waals surface area (Å²) in [6, 6.07) is 3.32. The molecule has 0 saturated heterocycles. The molecule has 0 aromatic carbocycles. The van der Waals surface area contributed by atoms with Crippen molar-refractivity contribution in [2.75, 3.05) is 0 Å². The van der Waals surface area contributed by atoms with Crippen molar-refractivity contribution in [3.8, 4) is 0 Å². The third kappa shape index (κ3) is 1.07. The number of hydrogen-bond donors (Lipinski definition) is 0. The predicted molar refractivity (Wildman–Crippen MR) is 45.9 cm³/mol. The Balaban J connectivity index is 2.62. The molecule has 3 heteroatoms. The fraction of sp³-hybridized carbons (Fsp3) is 0.333. The van der Waals surface area contributed by atoms with Crippen molar-refractivity contribution in [1.29, 1.82) is 0 Å². The van der Waals surface area contributed by atoms with E-state index in [4.69, 9.17) is 5.79 Å². The second-order valence-corrected chi connectivity index (χ2v) is 2.97. The van der Waals surface area contributed by atoms with Gasteiger partial charge in [0.15, 0.2) is 17.1 Å². The minimum atomic E-state index is 0.219. The monoisotopic (exact) mass is 164 g/mol. The Morgan fingerprint density at radius 1 is 1.58 bits per heavy atom. The van der Waals surface area contributed by atoms with E-state index in [0.29, 0.717) is 17.1 Å². The molecule has 3 nitrogen and oxygen atoms in total. The van der Waals surface area contributed by atoms with Crippen LogP contribution in [-0.2, 0) is 0 Å². The van der Waals surface area contributed by atoms with Gasteiger partial charge in [-0.3, -0.25) is 0 Å². The molecule has 0 aliphatic carbocycles. The Labute approximate surface area is 71.8 Å². The molecule has 2 heterocycles. The van der Waals surface area contributed by atoms with E-state index in [-0.39, 0.29) is 12.1 Å². The van der Waals surface area contributed by atoms with Gasteiger partial charge in [-0.15, -0.1) is 0 Å². The van der Waals surface area contributed by atoms with Crippen LogP contribution in [0.1, 0.15) is 27.0 Å². The van der Waals surface area contributed by atoms with Crippen molar-refractivity contribution in [2.45, 2.75) is 19.8 Å². The van der Waals surface area contributed by atoms with Gasteiger partial charge in [-0.1, -0.05) is 13.8 Å². The van der Waals surface area contributed by atoms with E-state index in [1.54, 1.807) is 12.1 Å². The van der Waals surface area contributed by atoms with Crippen LogP contribution in [0.4, 0.5) is 0 Å². The van der Waals surface area contributed by atoms with Gasteiger partial charge in [0, 0.05) is 12.1 Å². The molecular weight excluding hydrogens is 152 g/mol. The lowest BCUT2D eigenvalue weighted by molar-refractivity contribution is 0.501. The molecule has 0 bridgehead atoms. The Morgan fingerprint density at radius 2 is 2.42 bits per heavy atom. The highest BCUT2D eigenvalue weighted by atomic mass is 16.3. The molecule has 0 amide bonds. The smallest absolute Gasteiger partial charge is 0.199 e. The van der Waals surface area contributed by atoms with E-state index >= 15 is 0 Å². The zero-order valence-corrected chi connectivity index (χ0v) is 7.03. The number of fused-ring (bicyclic) bond motifs is 1. The first-order valence-electron chi connectivity index (χ1n) is 4.41. The van der Waals surface area contributed by atoms with Crippen LogP contribution in [0, 0.1) is 0 Å². The summed E-state index contributed by atoms with van der Waals surface area (Å²) >= 11 is 0. The lowest BCUT2D eigenvalue weighted by Crippen LogP contribution is -1.85. The molecule has 0 N–H and O–H groups in total. The second kappa shape index (κ2) is 2.59. The SMILES string of the molecule is [3H]c1ccc2oc(C(C)C)nc2n1. The molecule has 2 rings (SSSR count). The van der Waals surface area contributed by atoms with Gasteiger partial charge in [-0.05, 0) is 12.1 Å². The summed E-state index contributed by atoms with van der Waals surface area (Å²) in [5, 5.41) is 0. The highest BCUT2D eigenvalue weighted by molar-refractivity contribution is 5.66. The predicted octanol–water partition coefficient (Wildman–Crippen LogP) is 2.35. The van der Waals surface area contributed by atoms with Gasteiger partial charge in [0.1, 0.15) is 0 Å². The Hall–Kier alpha value is -1.38. The van der Waals surface area contributed by atoms with Gasteiger partial charge in [0.25, 0.3) is 0 Å². The molecule has 0 spiro atoms. The molecule has 0 saturated carbocycles. The van der Waals surface area contributed by atoms with E-state index < -0.39 is 0 Å². The zero-order valence-electron chi connectivity index (χ0n) is 8.03. The molecule has 0 aliphatic heterocycles. The number of hydrogen-bond acceptors (Lipinski definition) is 3. The van der Waals surface area contributed by atoms with Gasteiger partial charge in [-0.2, -0.15) is 4.98 Å². The largest absolute Gasteiger partial charge is 0.439 e. The average molecular weight is 164 g/mol. The van der Waals surface area contributed by atoms with Gasteiger partial charge in [0.05, 0.1) is 1.37 Å². The Kier molecular flexibility index (Phi) is 1.33. The van der Waals surface area contributed by atoms with Crippen molar-refractivity contribution in [3.05, 3.63) is 24.2 Å². The average Bonchev–Trinajstić information content (AvgIpc) is 2.46. The van der Waals surface area contributed by atoms with Crippen molar-refractivity contribution >= 4 is 11.2 Å². The molecule has 12 heavy (non-hydrogen) atoms. The number of aromatic nitrogens is 2. The molecule has 2 aromatic rings. The fourth-order valence-electron chi connectivity index (χ4n) is 0.988. The van der Waals surface area contributed by atoms with Crippen LogP contribution in [0.5, 0.6) is 0 Å². The van der Waals surface area contributed by atoms with Crippen LogP contribution in [0.2, 0.25) is 0 Å². The number of nitrogens with zero attached hydrogens (tertiary/aromatic N) is 2. The van der Waals surface area contributed by atoms with Crippen molar-refractivity contribution in [1.82, 2.24) is 9.97 Å². The highest BCUT2D eigenvalue weighted by Crippen LogP contribution is 2.18. The highest BCUT2D eigenvalue weighted by Gasteiger charge is 2.08. The molecule has 0 radical (unpaired) electrons. The molecular formula is C9H10N2O. The van der Waals surface area contributed by atoms with Crippen LogP contribution in [-0.4, -0.2) is 9.97 Å². The van der Waals surface area contributed by atoms with Crippen LogP contribution in [0.25, 0.3) is 11.2 Å². The van der Waals surface area contributed by atoms with Crippen LogP contribution < -0.4 is 0 Å². The maximum atomic E-state index is 7.30. The number of pyridine rings is 1. The molecule has 0 unspecified atom stereocenters. The van der Waals surface area contributed by atoms with Crippen LogP contribution in [0.15, 0.2) is 22.7 Å². The summed E-state index contributed by atoms with van der Waals surface area (Å²) in [6.07, 6.45) is 0.219. The quantitative estimate of drug-likeness (QED) is 0.649. The maximum Gasteiger partial charge on any atom is 0.199 e. The summed E-state index contributed by atoms with van der Waals surface area (Å²) in [6.45, 7) is 4.01. The van der Waals surface area contributed by atoms with Gasteiger partial charge in [-0.25, -0.2) is 4.98 Å². The molecule has 2 aromatic heterocycles. The molecule has 0 aliphatic rings. The topological polar surface area (TPSA) is 38.9 Å². The first kappa shape index (κ1) is 6.17. The fourth-order valence-corrected chi connectivity index (χ4v) is 0.988. The molecule has 0 atom stereocenters. The minimum absolute atomic E-state index is 0.219. The van der Waals surface area contributed by atoms with E-state index in [1.807, 2.05) is 13.8 Å². The zero-order chi connectivity index (χ0) is 9.42. The van der Waals surface area contributed by atoms with Crippen molar-refractivity contribution in [3.63, 3.8) is 0 Å². The summed E-state index contributed by atoms with van der Waals surface area (Å²) in [5.41, 5.74) is 1.18. The first-order valence-corrected chi connectivity index (χ1v) is 3.91.